The van der Waals surface area contributed by atoms with Gasteiger partial charge >= 0.3 is 0 Å². The predicted octanol–water partition coefficient (Wildman–Crippen LogP) is 3.43. The lowest BCUT2D eigenvalue weighted by molar-refractivity contribution is 0.279. The molecule has 1 aromatic rings. The van der Waals surface area contributed by atoms with Gasteiger partial charge in [-0.05, 0) is 37.4 Å². The average molecular weight is 247 g/mol. The van der Waals surface area contributed by atoms with Crippen LogP contribution in [-0.2, 0) is 0 Å². The minimum Gasteiger partial charge on any atom is -0.493 e. The van der Waals surface area contributed by atoms with Crippen LogP contribution in [0.2, 0.25) is 0 Å². The van der Waals surface area contributed by atoms with Crippen molar-refractivity contribution in [3.63, 3.8) is 0 Å². The Hall–Kier alpha value is -1.02. The first-order valence-electron chi connectivity index (χ1n) is 7.14. The Morgan fingerprint density at radius 3 is 2.83 bits per heavy atom. The minimum absolute atomic E-state index is 0.584. The number of fused-ring (bicyclic) bond motifs is 1. The molecule has 2 heteroatoms. The molecule has 0 amide bonds. The van der Waals surface area contributed by atoms with Gasteiger partial charge in [-0.3, -0.25) is 0 Å². The van der Waals surface area contributed by atoms with E-state index < -0.39 is 0 Å². The van der Waals surface area contributed by atoms with Gasteiger partial charge in [0.2, 0.25) is 0 Å². The Bertz CT molecular complexity index is 377. The van der Waals surface area contributed by atoms with Crippen molar-refractivity contribution >= 4 is 0 Å². The molecule has 0 radical (unpaired) electrons. The van der Waals surface area contributed by atoms with E-state index in [-0.39, 0.29) is 0 Å². The molecule has 3 atom stereocenters. The largest absolute Gasteiger partial charge is 0.493 e. The number of ether oxygens (including phenoxy) is 1. The van der Waals surface area contributed by atoms with Crippen molar-refractivity contribution in [1.29, 1.82) is 0 Å². The molecule has 18 heavy (non-hydrogen) atoms. The molecule has 1 aliphatic heterocycles. The molecular weight excluding hydrogens is 222 g/mol. The summed E-state index contributed by atoms with van der Waals surface area (Å²) >= 11 is 0. The van der Waals surface area contributed by atoms with Crippen LogP contribution in [0.1, 0.15) is 38.7 Å². The first kappa shape index (κ1) is 13.4. The summed E-state index contributed by atoms with van der Waals surface area (Å²) in [6, 6.07) is 8.47. The molecule has 0 bridgehead atoms. The monoisotopic (exact) mass is 247 g/mol. The van der Waals surface area contributed by atoms with Crippen molar-refractivity contribution in [2.75, 3.05) is 19.7 Å². The number of para-hydroxylation sites is 1. The Kier molecular flexibility index (Phi) is 4.65. The van der Waals surface area contributed by atoms with Crippen molar-refractivity contribution in [2.24, 2.45) is 11.8 Å². The minimum atomic E-state index is 0.584. The molecule has 3 unspecified atom stereocenters. The van der Waals surface area contributed by atoms with Gasteiger partial charge in [0.15, 0.2) is 0 Å². The van der Waals surface area contributed by atoms with Gasteiger partial charge in [-0.2, -0.15) is 0 Å². The van der Waals surface area contributed by atoms with E-state index >= 15 is 0 Å². The summed E-state index contributed by atoms with van der Waals surface area (Å²) < 4.78 is 5.76. The summed E-state index contributed by atoms with van der Waals surface area (Å²) in [6.45, 7) is 9.91. The highest BCUT2D eigenvalue weighted by atomic mass is 16.5. The van der Waals surface area contributed by atoms with E-state index in [9.17, 15) is 0 Å². The van der Waals surface area contributed by atoms with Crippen molar-refractivity contribution < 1.29 is 4.74 Å². The van der Waals surface area contributed by atoms with E-state index in [1.807, 2.05) is 0 Å². The molecule has 2 nitrogen and oxygen atoms in total. The molecule has 1 aromatic carbocycles. The van der Waals surface area contributed by atoms with Gasteiger partial charge in [0, 0.05) is 11.5 Å². The zero-order valence-electron chi connectivity index (χ0n) is 11.8. The Morgan fingerprint density at radius 2 is 2.06 bits per heavy atom. The topological polar surface area (TPSA) is 21.3 Å². The van der Waals surface area contributed by atoms with Gasteiger partial charge in [0.1, 0.15) is 5.75 Å². The highest BCUT2D eigenvalue weighted by Crippen LogP contribution is 2.38. The molecule has 0 fully saturated rings. The number of rotatable bonds is 6. The summed E-state index contributed by atoms with van der Waals surface area (Å²) in [5, 5.41) is 3.44. The molecule has 1 heterocycles. The zero-order valence-corrected chi connectivity index (χ0v) is 11.8. The quantitative estimate of drug-likeness (QED) is 0.831. The lowest BCUT2D eigenvalue weighted by Crippen LogP contribution is -2.26. The highest BCUT2D eigenvalue weighted by Gasteiger charge is 2.26. The molecule has 0 aromatic heterocycles. The molecule has 0 saturated carbocycles. The summed E-state index contributed by atoms with van der Waals surface area (Å²) in [5.41, 5.74) is 1.40. The van der Waals surface area contributed by atoms with Gasteiger partial charge in [0.05, 0.1) is 6.61 Å². The first-order valence-corrected chi connectivity index (χ1v) is 7.14. The smallest absolute Gasteiger partial charge is 0.122 e. The summed E-state index contributed by atoms with van der Waals surface area (Å²) in [4.78, 5) is 0. The van der Waals surface area contributed by atoms with Crippen LogP contribution < -0.4 is 10.1 Å². The summed E-state index contributed by atoms with van der Waals surface area (Å²) in [6.07, 6.45) is 1.23. The number of hydrogen-bond donors (Lipinski definition) is 1. The SMILES string of the molecule is CCNCC(C)C(C)CC1COc2ccccc21. The Labute approximate surface area is 111 Å². The Morgan fingerprint density at radius 1 is 1.28 bits per heavy atom. The van der Waals surface area contributed by atoms with E-state index in [1.165, 1.54) is 12.0 Å². The van der Waals surface area contributed by atoms with E-state index in [1.54, 1.807) is 0 Å². The normalized spacial score (nSPS) is 21.2. The van der Waals surface area contributed by atoms with E-state index in [2.05, 4.69) is 50.4 Å². The number of nitrogens with one attached hydrogen (secondary N) is 1. The second kappa shape index (κ2) is 6.24. The third kappa shape index (κ3) is 3.05. The van der Waals surface area contributed by atoms with Gasteiger partial charge in [-0.1, -0.05) is 39.0 Å². The third-order valence-electron chi connectivity index (χ3n) is 4.14. The van der Waals surface area contributed by atoms with Crippen LogP contribution >= 0.6 is 0 Å². The maximum absolute atomic E-state index is 5.76. The van der Waals surface area contributed by atoms with Crippen LogP contribution in [0.3, 0.4) is 0 Å². The van der Waals surface area contributed by atoms with Crippen LogP contribution in [0.25, 0.3) is 0 Å². The van der Waals surface area contributed by atoms with E-state index in [0.717, 1.165) is 37.3 Å². The van der Waals surface area contributed by atoms with E-state index in [0.29, 0.717) is 5.92 Å². The fourth-order valence-electron chi connectivity index (χ4n) is 2.68. The molecule has 0 saturated heterocycles. The molecular formula is C16H25NO. The van der Waals surface area contributed by atoms with Crippen LogP contribution in [0.5, 0.6) is 5.75 Å². The summed E-state index contributed by atoms with van der Waals surface area (Å²) in [5.74, 6) is 3.12. The van der Waals surface area contributed by atoms with Crippen LogP contribution in [0, 0.1) is 11.8 Å². The van der Waals surface area contributed by atoms with Crippen LogP contribution in [-0.4, -0.2) is 19.7 Å². The van der Waals surface area contributed by atoms with Crippen molar-refractivity contribution in [3.8, 4) is 5.75 Å². The molecule has 100 valence electrons. The average Bonchev–Trinajstić information content (AvgIpc) is 2.79. The van der Waals surface area contributed by atoms with E-state index in [4.69, 9.17) is 4.74 Å². The maximum atomic E-state index is 5.76. The van der Waals surface area contributed by atoms with Gasteiger partial charge in [-0.25, -0.2) is 0 Å². The van der Waals surface area contributed by atoms with Gasteiger partial charge in [-0.15, -0.1) is 0 Å². The fraction of sp³-hybridized carbons (Fsp3) is 0.625. The predicted molar refractivity (Wildman–Crippen MR) is 76.2 cm³/mol. The molecule has 1 aliphatic rings. The molecule has 0 aliphatic carbocycles. The standard InChI is InChI=1S/C16H25NO/c1-4-17-10-13(3)12(2)9-14-11-18-16-8-6-5-7-15(14)16/h5-8,12-14,17H,4,9-11H2,1-3H3. The Balaban J connectivity index is 1.91. The fourth-order valence-corrected chi connectivity index (χ4v) is 2.68. The van der Waals surface area contributed by atoms with Crippen molar-refractivity contribution in [1.82, 2.24) is 5.32 Å². The lowest BCUT2D eigenvalue weighted by Gasteiger charge is -2.22. The highest BCUT2D eigenvalue weighted by molar-refractivity contribution is 5.39. The maximum Gasteiger partial charge on any atom is 0.122 e. The van der Waals surface area contributed by atoms with Gasteiger partial charge in [0.25, 0.3) is 0 Å². The summed E-state index contributed by atoms with van der Waals surface area (Å²) in [7, 11) is 0. The number of hydrogen-bond acceptors (Lipinski definition) is 2. The van der Waals surface area contributed by atoms with Gasteiger partial charge < -0.3 is 10.1 Å². The molecule has 1 N–H and O–H groups in total. The van der Waals surface area contributed by atoms with Crippen LogP contribution in [0.15, 0.2) is 24.3 Å². The molecule has 2 rings (SSSR count). The zero-order chi connectivity index (χ0) is 13.0. The lowest BCUT2D eigenvalue weighted by atomic mass is 9.84. The second-order valence-electron chi connectivity index (χ2n) is 5.54. The molecule has 0 spiro atoms. The number of benzene rings is 1. The van der Waals surface area contributed by atoms with Crippen molar-refractivity contribution in [3.05, 3.63) is 29.8 Å². The third-order valence-corrected chi connectivity index (χ3v) is 4.14. The second-order valence-corrected chi connectivity index (χ2v) is 5.54. The van der Waals surface area contributed by atoms with Crippen LogP contribution in [0.4, 0.5) is 0 Å². The first-order chi connectivity index (χ1) is 8.72. The van der Waals surface area contributed by atoms with Crippen molar-refractivity contribution in [2.45, 2.75) is 33.1 Å².